The smallest absolute Gasteiger partial charge is 0.403 e. The Balaban J connectivity index is 1.59. The maximum Gasteiger partial charge on any atom is 0.573 e. The third kappa shape index (κ3) is 7.44. The maximum absolute atomic E-state index is 14.8. The quantitative estimate of drug-likeness (QED) is 0.263. The topological polar surface area (TPSA) is 9.23 Å². The fourth-order valence-corrected chi connectivity index (χ4v) is 5.06. The Morgan fingerprint density at radius 3 is 2.27 bits per heavy atom. The minimum absolute atomic E-state index is 0.149. The second kappa shape index (κ2) is 11.3. The second-order valence-corrected chi connectivity index (χ2v) is 9.47. The molecule has 33 heavy (non-hydrogen) atoms. The molecule has 0 radical (unpaired) electrons. The van der Waals surface area contributed by atoms with Crippen LogP contribution in [-0.4, -0.2) is 6.36 Å². The van der Waals surface area contributed by atoms with Crippen LogP contribution in [0.15, 0.2) is 36.4 Å². The molecule has 1 fully saturated rings. The van der Waals surface area contributed by atoms with Crippen molar-refractivity contribution in [2.75, 3.05) is 0 Å². The molecular weight excluding hydrogens is 435 g/mol. The van der Waals surface area contributed by atoms with Gasteiger partial charge in [-0.3, -0.25) is 0 Å². The van der Waals surface area contributed by atoms with Crippen molar-refractivity contribution in [2.45, 2.75) is 78.0 Å². The molecule has 3 rings (SSSR count). The van der Waals surface area contributed by atoms with Crippen molar-refractivity contribution in [1.29, 1.82) is 0 Å². The van der Waals surface area contributed by atoms with Crippen molar-refractivity contribution in [3.63, 3.8) is 0 Å². The highest BCUT2D eigenvalue weighted by atomic mass is 19.4. The average molecular weight is 469 g/mol. The molecule has 1 unspecified atom stereocenters. The zero-order valence-electron chi connectivity index (χ0n) is 19.4. The van der Waals surface area contributed by atoms with Gasteiger partial charge < -0.3 is 4.74 Å². The van der Waals surface area contributed by atoms with Gasteiger partial charge in [0.1, 0.15) is 5.82 Å². The van der Waals surface area contributed by atoms with Gasteiger partial charge in [0.2, 0.25) is 0 Å². The fourth-order valence-electron chi connectivity index (χ4n) is 5.06. The molecule has 1 nitrogen and oxygen atoms in total. The lowest BCUT2D eigenvalue weighted by Crippen LogP contribution is -2.21. The van der Waals surface area contributed by atoms with E-state index in [9.17, 15) is 22.0 Å². The van der Waals surface area contributed by atoms with Crippen molar-refractivity contribution in [3.8, 4) is 16.9 Å². The zero-order chi connectivity index (χ0) is 24.0. The maximum atomic E-state index is 14.8. The van der Waals surface area contributed by atoms with Crippen molar-refractivity contribution < 1.29 is 26.7 Å². The first-order valence-electron chi connectivity index (χ1n) is 12.0. The summed E-state index contributed by atoms with van der Waals surface area (Å²) in [5.41, 5.74) is 1.20. The Hall–Kier alpha value is -2.11. The summed E-state index contributed by atoms with van der Waals surface area (Å²) < 4.78 is 69.4. The van der Waals surface area contributed by atoms with Crippen LogP contribution in [0, 0.1) is 29.4 Å². The van der Waals surface area contributed by atoms with Gasteiger partial charge in [0, 0.05) is 5.56 Å². The van der Waals surface area contributed by atoms with Crippen LogP contribution in [0.5, 0.6) is 5.75 Å². The third-order valence-electron chi connectivity index (χ3n) is 6.97. The summed E-state index contributed by atoms with van der Waals surface area (Å²) in [5, 5.41) is 0. The number of rotatable bonds is 9. The molecule has 2 aromatic carbocycles. The predicted octanol–water partition coefficient (Wildman–Crippen LogP) is 9.10. The molecule has 2 aromatic rings. The Labute approximate surface area is 193 Å². The summed E-state index contributed by atoms with van der Waals surface area (Å²) >= 11 is 0. The molecule has 1 aliphatic rings. The molecule has 0 N–H and O–H groups in total. The Kier molecular flexibility index (Phi) is 8.77. The highest BCUT2D eigenvalue weighted by Gasteiger charge is 2.32. The summed E-state index contributed by atoms with van der Waals surface area (Å²) in [5.74, 6) is -0.689. The van der Waals surface area contributed by atoms with Crippen LogP contribution >= 0.6 is 0 Å². The van der Waals surface area contributed by atoms with Crippen molar-refractivity contribution in [3.05, 3.63) is 53.6 Å². The van der Waals surface area contributed by atoms with Gasteiger partial charge in [-0.1, -0.05) is 70.6 Å². The van der Waals surface area contributed by atoms with Crippen LogP contribution in [0.3, 0.4) is 0 Å². The molecule has 6 heteroatoms. The lowest BCUT2D eigenvalue weighted by molar-refractivity contribution is -0.275. The largest absolute Gasteiger partial charge is 0.573 e. The first kappa shape index (κ1) is 25.5. The molecule has 1 saturated carbocycles. The highest BCUT2D eigenvalue weighted by Crippen LogP contribution is 2.37. The molecule has 0 saturated heterocycles. The summed E-state index contributed by atoms with van der Waals surface area (Å²) in [6.45, 7) is 4.46. The van der Waals surface area contributed by atoms with Crippen LogP contribution in [-0.2, 0) is 6.42 Å². The molecule has 0 amide bonds. The molecule has 1 atom stereocenters. The number of hydrogen-bond acceptors (Lipinski definition) is 1. The van der Waals surface area contributed by atoms with Gasteiger partial charge >= 0.3 is 6.36 Å². The Morgan fingerprint density at radius 1 is 0.939 bits per heavy atom. The van der Waals surface area contributed by atoms with E-state index < -0.39 is 23.7 Å². The number of hydrogen-bond donors (Lipinski definition) is 0. The van der Waals surface area contributed by atoms with E-state index in [1.165, 1.54) is 63.5 Å². The summed E-state index contributed by atoms with van der Waals surface area (Å²) in [6, 6.07) is 7.81. The van der Waals surface area contributed by atoms with Gasteiger partial charge in [0.15, 0.2) is 11.6 Å². The van der Waals surface area contributed by atoms with E-state index in [4.69, 9.17) is 0 Å². The minimum atomic E-state index is -4.99. The van der Waals surface area contributed by atoms with E-state index in [1.807, 2.05) is 6.07 Å². The Morgan fingerprint density at radius 2 is 1.67 bits per heavy atom. The van der Waals surface area contributed by atoms with E-state index in [2.05, 4.69) is 18.6 Å². The van der Waals surface area contributed by atoms with Crippen LogP contribution in [0.4, 0.5) is 22.0 Å². The standard InChI is InChI=1S/C27H33F5O/c1-3-4-5-6-19-7-10-21(11-8-19)18(2)15-20-9-13-23(24(28)16-20)22-12-14-26(25(29)17-22)33-27(30,31)32/h9,12-14,16-19,21H,3-8,10-11,15H2,1-2H3. The molecule has 1 aliphatic carbocycles. The van der Waals surface area contributed by atoms with E-state index >= 15 is 0 Å². The normalized spacial score (nSPS) is 20.0. The fraction of sp³-hybridized carbons (Fsp3) is 0.556. The van der Waals surface area contributed by atoms with E-state index in [1.54, 1.807) is 6.07 Å². The van der Waals surface area contributed by atoms with E-state index in [-0.39, 0.29) is 11.1 Å². The summed E-state index contributed by atoms with van der Waals surface area (Å²) in [4.78, 5) is 0. The van der Waals surface area contributed by atoms with E-state index in [0.29, 0.717) is 11.8 Å². The van der Waals surface area contributed by atoms with Crippen molar-refractivity contribution >= 4 is 0 Å². The average Bonchev–Trinajstić information content (AvgIpc) is 2.75. The number of alkyl halides is 3. The van der Waals surface area contributed by atoms with Gasteiger partial charge in [-0.2, -0.15) is 0 Å². The van der Waals surface area contributed by atoms with Crippen molar-refractivity contribution in [2.24, 2.45) is 17.8 Å². The van der Waals surface area contributed by atoms with Gasteiger partial charge in [0.25, 0.3) is 0 Å². The Bertz CT molecular complexity index is 900. The first-order valence-corrected chi connectivity index (χ1v) is 12.0. The molecular formula is C27H33F5O. The monoisotopic (exact) mass is 468 g/mol. The summed E-state index contributed by atoms with van der Waals surface area (Å²) in [7, 11) is 0. The third-order valence-corrected chi connectivity index (χ3v) is 6.97. The first-order chi connectivity index (χ1) is 15.7. The van der Waals surface area contributed by atoms with Gasteiger partial charge in [0.05, 0.1) is 0 Å². The predicted molar refractivity (Wildman–Crippen MR) is 121 cm³/mol. The SMILES string of the molecule is CCCCCC1CCC(C(C)Cc2ccc(-c3ccc(OC(F)(F)F)c(F)c3)c(F)c2)CC1. The number of ether oxygens (including phenoxy) is 1. The number of unbranched alkanes of at least 4 members (excludes halogenated alkanes) is 2. The lowest BCUT2D eigenvalue weighted by Gasteiger charge is -2.32. The minimum Gasteiger partial charge on any atom is -0.403 e. The number of halogens is 5. The van der Waals surface area contributed by atoms with Crippen LogP contribution < -0.4 is 4.74 Å². The van der Waals surface area contributed by atoms with Crippen molar-refractivity contribution in [1.82, 2.24) is 0 Å². The molecule has 0 aromatic heterocycles. The number of benzene rings is 2. The van der Waals surface area contributed by atoms with Crippen LogP contribution in [0.25, 0.3) is 11.1 Å². The van der Waals surface area contributed by atoms with Crippen LogP contribution in [0.2, 0.25) is 0 Å². The zero-order valence-corrected chi connectivity index (χ0v) is 19.4. The molecule has 0 spiro atoms. The van der Waals surface area contributed by atoms with E-state index in [0.717, 1.165) is 30.0 Å². The van der Waals surface area contributed by atoms with Gasteiger partial charge in [-0.05, 0) is 66.3 Å². The van der Waals surface area contributed by atoms with Crippen LogP contribution in [0.1, 0.15) is 70.8 Å². The summed E-state index contributed by atoms with van der Waals surface area (Å²) in [6.07, 6.45) is 6.05. The highest BCUT2D eigenvalue weighted by molar-refractivity contribution is 5.65. The molecule has 182 valence electrons. The second-order valence-electron chi connectivity index (χ2n) is 9.47. The molecule has 0 aliphatic heterocycles. The van der Waals surface area contributed by atoms with Gasteiger partial charge in [-0.15, -0.1) is 13.2 Å². The molecule has 0 bridgehead atoms. The molecule has 0 heterocycles. The lowest BCUT2D eigenvalue weighted by atomic mass is 9.73. The van der Waals surface area contributed by atoms with Gasteiger partial charge in [-0.25, -0.2) is 8.78 Å².